The summed E-state index contributed by atoms with van der Waals surface area (Å²) in [6, 6.07) is 23.1. The van der Waals surface area contributed by atoms with Crippen LogP contribution in [0.1, 0.15) is 45.7 Å². The van der Waals surface area contributed by atoms with E-state index in [-0.39, 0.29) is 23.3 Å². The van der Waals surface area contributed by atoms with E-state index < -0.39 is 11.7 Å². The number of rotatable bonds is 7. The van der Waals surface area contributed by atoms with Gasteiger partial charge >= 0.3 is 0 Å². The number of carbonyl (C=O) groups is 2. The normalized spacial score (nSPS) is 17.2. The molecule has 0 aliphatic carbocycles. The molecule has 2 atom stereocenters. The highest BCUT2D eigenvalue weighted by molar-refractivity contribution is 6.09. The Kier molecular flexibility index (Phi) is 7.48. The van der Waals surface area contributed by atoms with Crippen LogP contribution in [-0.2, 0) is 6.54 Å². The minimum absolute atomic E-state index is 0.0193. The van der Waals surface area contributed by atoms with Gasteiger partial charge in [0.15, 0.2) is 0 Å². The maximum Gasteiger partial charge on any atom is 0.255 e. The van der Waals surface area contributed by atoms with E-state index in [2.05, 4.69) is 15.5 Å². The zero-order valence-corrected chi connectivity index (χ0v) is 23.2. The summed E-state index contributed by atoms with van der Waals surface area (Å²) in [5, 5.41) is 5.86. The largest absolute Gasteiger partial charge is 0.494 e. The number of benzene rings is 3. The molecule has 9 heteroatoms. The number of anilines is 3. The third-order valence-electron chi connectivity index (χ3n) is 7.86. The molecule has 2 N–H and O–H groups in total. The number of amides is 2. The number of nitrogens with one attached hydrogen (secondary N) is 2. The Balaban J connectivity index is 1.30. The predicted octanol–water partition coefficient (Wildman–Crippen LogP) is 5.51. The summed E-state index contributed by atoms with van der Waals surface area (Å²) in [5.41, 5.74) is 3.59. The second-order valence-electron chi connectivity index (χ2n) is 10.7. The van der Waals surface area contributed by atoms with Gasteiger partial charge in [-0.05, 0) is 92.1 Å². The molecule has 0 radical (unpaired) electrons. The number of piperidine rings is 1. The van der Waals surface area contributed by atoms with E-state index in [0.717, 1.165) is 17.8 Å². The van der Waals surface area contributed by atoms with E-state index in [1.165, 1.54) is 24.3 Å². The van der Waals surface area contributed by atoms with Gasteiger partial charge in [-0.25, -0.2) is 4.39 Å². The number of hydrogen-bond donors (Lipinski definition) is 2. The number of carbonyl (C=O) groups excluding carboxylic acids is 2. The SMILES string of the molecule is CCOc1ccc(NC(=O)c2ccc(N3CC4CC(C3)c3cccc(=O)n3C4)c(NC(=O)c3ccc(F)cc3)c2)cc1. The molecule has 2 aliphatic rings. The summed E-state index contributed by atoms with van der Waals surface area (Å²) in [6.45, 7) is 4.46. The van der Waals surface area contributed by atoms with Crippen molar-refractivity contribution < 1.29 is 18.7 Å². The molecule has 2 aliphatic heterocycles. The Hall–Kier alpha value is -4.92. The van der Waals surface area contributed by atoms with Gasteiger partial charge in [0.2, 0.25) is 0 Å². The molecule has 3 heterocycles. The maximum absolute atomic E-state index is 13.5. The van der Waals surface area contributed by atoms with Crippen molar-refractivity contribution >= 4 is 28.9 Å². The van der Waals surface area contributed by atoms with Gasteiger partial charge in [0.05, 0.1) is 18.0 Å². The first-order chi connectivity index (χ1) is 20.4. The second kappa shape index (κ2) is 11.5. The first-order valence-corrected chi connectivity index (χ1v) is 14.1. The molecular formula is C33H31FN4O4. The van der Waals surface area contributed by atoms with Crippen LogP contribution >= 0.6 is 0 Å². The van der Waals surface area contributed by atoms with E-state index in [9.17, 15) is 18.8 Å². The van der Waals surface area contributed by atoms with E-state index in [4.69, 9.17) is 4.74 Å². The summed E-state index contributed by atoms with van der Waals surface area (Å²) in [4.78, 5) is 41.2. The summed E-state index contributed by atoms with van der Waals surface area (Å²) < 4.78 is 20.8. The number of hydrogen-bond acceptors (Lipinski definition) is 5. The number of pyridine rings is 1. The van der Waals surface area contributed by atoms with Gasteiger partial charge < -0.3 is 24.8 Å². The van der Waals surface area contributed by atoms with Gasteiger partial charge in [0.25, 0.3) is 17.4 Å². The quantitative estimate of drug-likeness (QED) is 0.308. The van der Waals surface area contributed by atoms with E-state index in [0.29, 0.717) is 54.5 Å². The summed E-state index contributed by atoms with van der Waals surface area (Å²) in [5.74, 6) is -0.0283. The van der Waals surface area contributed by atoms with Crippen LogP contribution < -0.4 is 25.8 Å². The average Bonchev–Trinajstić information content (AvgIpc) is 2.99. The van der Waals surface area contributed by atoms with E-state index in [1.807, 2.05) is 23.6 Å². The van der Waals surface area contributed by atoms with Crippen LogP contribution in [0.2, 0.25) is 0 Å². The van der Waals surface area contributed by atoms with Gasteiger partial charge in [0, 0.05) is 54.1 Å². The Morgan fingerprint density at radius 2 is 1.62 bits per heavy atom. The van der Waals surface area contributed by atoms with Crippen molar-refractivity contribution in [3.05, 3.63) is 118 Å². The number of fused-ring (bicyclic) bond motifs is 4. The highest BCUT2D eigenvalue weighted by Gasteiger charge is 2.35. The highest BCUT2D eigenvalue weighted by atomic mass is 19.1. The number of nitrogens with zero attached hydrogens (tertiary/aromatic N) is 2. The standard InChI is InChI=1S/C33H31FN4O4/c1-2-42-27-13-11-26(12-14-27)35-33(41)23-8-15-30(28(17-23)36-32(40)22-6-9-25(34)10-7-22)37-18-21-16-24(20-37)29-4-3-5-31(39)38(29)19-21/h3-15,17,21,24H,2,16,18-20H2,1H3,(H,35,41)(H,36,40). The third-order valence-corrected chi connectivity index (χ3v) is 7.86. The Bertz CT molecular complexity index is 1680. The topological polar surface area (TPSA) is 92.7 Å². The van der Waals surface area contributed by atoms with Crippen LogP contribution in [-0.4, -0.2) is 36.1 Å². The lowest BCUT2D eigenvalue weighted by atomic mass is 9.83. The van der Waals surface area contributed by atoms with E-state index in [1.54, 1.807) is 48.5 Å². The molecule has 1 aromatic heterocycles. The minimum Gasteiger partial charge on any atom is -0.494 e. The van der Waals surface area contributed by atoms with Gasteiger partial charge in [0.1, 0.15) is 11.6 Å². The average molecular weight is 567 g/mol. The Labute approximate surface area is 242 Å². The van der Waals surface area contributed by atoms with Gasteiger partial charge in [-0.2, -0.15) is 0 Å². The molecule has 3 aromatic carbocycles. The Morgan fingerprint density at radius 1 is 0.881 bits per heavy atom. The molecule has 2 amide bonds. The van der Waals surface area contributed by atoms with Crippen LogP contribution in [0.3, 0.4) is 0 Å². The number of ether oxygens (including phenoxy) is 1. The molecule has 42 heavy (non-hydrogen) atoms. The molecule has 1 fully saturated rings. The molecule has 214 valence electrons. The molecule has 8 nitrogen and oxygen atoms in total. The lowest BCUT2D eigenvalue weighted by Gasteiger charge is -2.44. The summed E-state index contributed by atoms with van der Waals surface area (Å²) in [6.07, 6.45) is 0.986. The van der Waals surface area contributed by atoms with Gasteiger partial charge in [-0.1, -0.05) is 6.07 Å². The number of aromatic nitrogens is 1. The van der Waals surface area contributed by atoms with Crippen molar-refractivity contribution in [3.63, 3.8) is 0 Å². The molecule has 6 rings (SSSR count). The number of halogens is 1. The molecule has 1 saturated heterocycles. The van der Waals surface area contributed by atoms with Crippen molar-refractivity contribution in [3.8, 4) is 5.75 Å². The van der Waals surface area contributed by atoms with Crippen LogP contribution in [0.25, 0.3) is 0 Å². The van der Waals surface area contributed by atoms with Crippen LogP contribution in [0.5, 0.6) is 5.75 Å². The molecule has 2 bridgehead atoms. The van der Waals surface area contributed by atoms with Crippen molar-refractivity contribution in [2.75, 3.05) is 35.2 Å². The molecule has 0 spiro atoms. The zero-order valence-electron chi connectivity index (χ0n) is 23.2. The second-order valence-corrected chi connectivity index (χ2v) is 10.7. The fraction of sp³-hybridized carbons (Fsp3) is 0.242. The zero-order chi connectivity index (χ0) is 29.2. The van der Waals surface area contributed by atoms with Crippen molar-refractivity contribution in [2.24, 2.45) is 5.92 Å². The van der Waals surface area contributed by atoms with Crippen LogP contribution in [0.4, 0.5) is 21.5 Å². The minimum atomic E-state index is -0.431. The van der Waals surface area contributed by atoms with Gasteiger partial charge in [-0.3, -0.25) is 14.4 Å². The predicted molar refractivity (Wildman–Crippen MR) is 160 cm³/mol. The smallest absolute Gasteiger partial charge is 0.255 e. The Morgan fingerprint density at radius 3 is 2.38 bits per heavy atom. The third kappa shape index (κ3) is 5.63. The monoisotopic (exact) mass is 566 g/mol. The fourth-order valence-electron chi connectivity index (χ4n) is 5.95. The molecule has 0 saturated carbocycles. The first kappa shape index (κ1) is 27.3. The van der Waals surface area contributed by atoms with Gasteiger partial charge in [-0.15, -0.1) is 0 Å². The fourth-order valence-corrected chi connectivity index (χ4v) is 5.95. The van der Waals surface area contributed by atoms with Crippen molar-refractivity contribution in [1.29, 1.82) is 0 Å². The van der Waals surface area contributed by atoms with Crippen molar-refractivity contribution in [1.82, 2.24) is 4.57 Å². The van der Waals surface area contributed by atoms with Crippen molar-refractivity contribution in [2.45, 2.75) is 25.8 Å². The van der Waals surface area contributed by atoms with E-state index >= 15 is 0 Å². The maximum atomic E-state index is 13.5. The first-order valence-electron chi connectivity index (χ1n) is 14.1. The lowest BCUT2D eigenvalue weighted by molar-refractivity contribution is 0.101. The van der Waals surface area contributed by atoms with Crippen LogP contribution in [0.15, 0.2) is 89.7 Å². The van der Waals surface area contributed by atoms with Crippen LogP contribution in [0, 0.1) is 11.7 Å². The lowest BCUT2D eigenvalue weighted by Crippen LogP contribution is -2.47. The molecular weight excluding hydrogens is 535 g/mol. The summed E-state index contributed by atoms with van der Waals surface area (Å²) >= 11 is 0. The molecule has 4 aromatic rings. The highest BCUT2D eigenvalue weighted by Crippen LogP contribution is 2.39. The molecule has 2 unspecified atom stereocenters. The summed E-state index contributed by atoms with van der Waals surface area (Å²) in [7, 11) is 0.